The Morgan fingerprint density at radius 1 is 1.17 bits per heavy atom. The summed E-state index contributed by atoms with van der Waals surface area (Å²) in [6.45, 7) is 4.70. The van der Waals surface area contributed by atoms with Gasteiger partial charge >= 0.3 is 0 Å². The van der Waals surface area contributed by atoms with Crippen LogP contribution in [0, 0.1) is 11.6 Å². The van der Waals surface area contributed by atoms with Gasteiger partial charge in [-0.15, -0.1) is 0 Å². The number of fused-ring (bicyclic) bond motifs is 1. The maximum absolute atomic E-state index is 13.9. The molecular weight excluding hydrogens is 386 g/mol. The Bertz CT molecular complexity index is 877. The number of nitrogens with zero attached hydrogens (tertiary/aromatic N) is 3. The van der Waals surface area contributed by atoms with E-state index in [1.54, 1.807) is 7.05 Å². The summed E-state index contributed by atoms with van der Waals surface area (Å²) >= 11 is 0. The average Bonchev–Trinajstić information content (AvgIpc) is 3.18. The largest absolute Gasteiger partial charge is 0.373 e. The molecule has 2 aliphatic rings. The van der Waals surface area contributed by atoms with Crippen molar-refractivity contribution in [2.24, 2.45) is 4.99 Å². The van der Waals surface area contributed by atoms with Gasteiger partial charge < -0.3 is 15.0 Å². The van der Waals surface area contributed by atoms with Crippen LogP contribution in [0.1, 0.15) is 11.1 Å². The van der Waals surface area contributed by atoms with E-state index < -0.39 is 11.6 Å². The number of hydrogen-bond donors (Lipinski definition) is 1. The lowest BCUT2D eigenvalue weighted by atomic mass is 10.1. The summed E-state index contributed by atoms with van der Waals surface area (Å²) in [4.78, 5) is 9.11. The van der Waals surface area contributed by atoms with Crippen LogP contribution in [-0.4, -0.2) is 67.7 Å². The van der Waals surface area contributed by atoms with E-state index in [1.807, 2.05) is 6.07 Å². The van der Waals surface area contributed by atoms with Crippen LogP contribution in [0.25, 0.3) is 0 Å². The summed E-state index contributed by atoms with van der Waals surface area (Å²) in [6, 6.07) is 14.5. The minimum absolute atomic E-state index is 0.149. The normalized spacial score (nSPS) is 22.2. The summed E-state index contributed by atoms with van der Waals surface area (Å²) in [5.41, 5.74) is 1.80. The van der Waals surface area contributed by atoms with Gasteiger partial charge in [-0.05, 0) is 23.6 Å². The number of nitrogens with one attached hydrogen (secondary N) is 1. The van der Waals surface area contributed by atoms with Crippen LogP contribution in [0.4, 0.5) is 8.78 Å². The van der Waals surface area contributed by atoms with Crippen molar-refractivity contribution in [3.05, 3.63) is 71.3 Å². The fourth-order valence-corrected chi connectivity index (χ4v) is 4.31. The number of likely N-dealkylation sites (tertiary alicyclic amines) is 1. The van der Waals surface area contributed by atoms with Crippen LogP contribution in [0.5, 0.6) is 0 Å². The molecule has 1 N–H and O–H groups in total. The van der Waals surface area contributed by atoms with E-state index in [1.165, 1.54) is 17.7 Å². The predicted octanol–water partition coefficient (Wildman–Crippen LogP) is 2.67. The maximum Gasteiger partial charge on any atom is 0.193 e. The number of morpholine rings is 1. The molecule has 0 aliphatic carbocycles. The van der Waals surface area contributed by atoms with E-state index in [2.05, 4.69) is 44.4 Å². The third-order valence-corrected chi connectivity index (χ3v) is 5.85. The first-order valence-corrected chi connectivity index (χ1v) is 10.4. The van der Waals surface area contributed by atoms with Crippen LogP contribution >= 0.6 is 0 Å². The molecule has 2 fully saturated rings. The van der Waals surface area contributed by atoms with E-state index in [9.17, 15) is 8.78 Å². The first kappa shape index (κ1) is 20.8. The standard InChI is InChI=1S/C23H28F2N4O/c1-26-23(27-10-9-18-7-8-19(24)13-20(18)25)29-15-21-22(16-29)30-12-11-28(21)14-17-5-3-2-4-6-17/h2-8,13,21-22H,9-12,14-16H2,1H3,(H,26,27). The Hall–Kier alpha value is -2.51. The molecule has 2 heterocycles. The highest BCUT2D eigenvalue weighted by atomic mass is 19.1. The van der Waals surface area contributed by atoms with Gasteiger partial charge in [0.2, 0.25) is 0 Å². The molecule has 5 nitrogen and oxygen atoms in total. The lowest BCUT2D eigenvalue weighted by Gasteiger charge is -2.36. The first-order chi connectivity index (χ1) is 14.6. The molecule has 30 heavy (non-hydrogen) atoms. The van der Waals surface area contributed by atoms with Crippen LogP contribution < -0.4 is 5.32 Å². The average molecular weight is 415 g/mol. The van der Waals surface area contributed by atoms with Crippen molar-refractivity contribution < 1.29 is 13.5 Å². The molecular formula is C23H28F2N4O. The maximum atomic E-state index is 13.9. The zero-order valence-electron chi connectivity index (χ0n) is 17.2. The molecule has 2 saturated heterocycles. The molecule has 2 atom stereocenters. The molecule has 2 unspecified atom stereocenters. The van der Waals surface area contributed by atoms with Crippen LogP contribution in [0.3, 0.4) is 0 Å². The second-order valence-electron chi connectivity index (χ2n) is 7.80. The highest BCUT2D eigenvalue weighted by Crippen LogP contribution is 2.24. The van der Waals surface area contributed by atoms with Gasteiger partial charge in [-0.3, -0.25) is 9.89 Å². The molecule has 0 radical (unpaired) electrons. The minimum Gasteiger partial charge on any atom is -0.373 e. The van der Waals surface area contributed by atoms with Gasteiger partial charge in [-0.2, -0.15) is 0 Å². The summed E-state index contributed by atoms with van der Waals surface area (Å²) < 4.78 is 33.0. The zero-order valence-corrected chi connectivity index (χ0v) is 17.2. The van der Waals surface area contributed by atoms with Crippen molar-refractivity contribution >= 4 is 5.96 Å². The smallest absolute Gasteiger partial charge is 0.193 e. The fourth-order valence-electron chi connectivity index (χ4n) is 4.31. The Morgan fingerprint density at radius 3 is 2.77 bits per heavy atom. The first-order valence-electron chi connectivity index (χ1n) is 10.4. The van der Waals surface area contributed by atoms with Gasteiger partial charge in [0.15, 0.2) is 5.96 Å². The summed E-state index contributed by atoms with van der Waals surface area (Å²) in [6.07, 6.45) is 0.609. The van der Waals surface area contributed by atoms with Crippen molar-refractivity contribution in [3.8, 4) is 0 Å². The highest BCUT2D eigenvalue weighted by molar-refractivity contribution is 5.80. The number of ether oxygens (including phenoxy) is 1. The molecule has 0 aromatic heterocycles. The van der Waals surface area contributed by atoms with E-state index in [0.717, 1.165) is 44.8 Å². The van der Waals surface area contributed by atoms with Gasteiger partial charge in [0.1, 0.15) is 11.6 Å². The molecule has 0 amide bonds. The van der Waals surface area contributed by atoms with E-state index >= 15 is 0 Å². The van der Waals surface area contributed by atoms with E-state index in [-0.39, 0.29) is 6.10 Å². The van der Waals surface area contributed by atoms with Gasteiger partial charge in [0, 0.05) is 45.8 Å². The van der Waals surface area contributed by atoms with Crippen LogP contribution in [0.2, 0.25) is 0 Å². The number of rotatable bonds is 5. The topological polar surface area (TPSA) is 40.1 Å². The Labute approximate surface area is 176 Å². The molecule has 2 aromatic carbocycles. The van der Waals surface area contributed by atoms with E-state index in [0.29, 0.717) is 24.6 Å². The minimum atomic E-state index is -0.556. The molecule has 160 valence electrons. The SMILES string of the molecule is CN=C(NCCc1ccc(F)cc1F)N1CC2OCCN(Cc3ccccc3)C2C1. The predicted molar refractivity (Wildman–Crippen MR) is 113 cm³/mol. The lowest BCUT2D eigenvalue weighted by molar-refractivity contribution is -0.0502. The summed E-state index contributed by atoms with van der Waals surface area (Å²) in [5.74, 6) is -0.279. The third kappa shape index (κ3) is 4.79. The lowest BCUT2D eigenvalue weighted by Crippen LogP contribution is -2.50. The third-order valence-electron chi connectivity index (χ3n) is 5.85. The van der Waals surface area contributed by atoms with Gasteiger partial charge in [0.05, 0.1) is 18.8 Å². The Balaban J connectivity index is 1.34. The van der Waals surface area contributed by atoms with Gasteiger partial charge in [-0.25, -0.2) is 8.78 Å². The van der Waals surface area contributed by atoms with Gasteiger partial charge in [0.25, 0.3) is 0 Å². The van der Waals surface area contributed by atoms with Gasteiger partial charge in [-0.1, -0.05) is 36.4 Å². The van der Waals surface area contributed by atoms with E-state index in [4.69, 9.17) is 4.74 Å². The quantitative estimate of drug-likeness (QED) is 0.603. The second-order valence-corrected chi connectivity index (χ2v) is 7.80. The van der Waals surface area contributed by atoms with Crippen LogP contribution in [-0.2, 0) is 17.7 Å². The van der Waals surface area contributed by atoms with Crippen molar-refractivity contribution in [3.63, 3.8) is 0 Å². The van der Waals surface area contributed by atoms with Crippen molar-refractivity contribution in [2.75, 3.05) is 39.8 Å². The number of halogens is 2. The monoisotopic (exact) mass is 414 g/mol. The summed E-state index contributed by atoms with van der Waals surface area (Å²) in [7, 11) is 1.76. The number of benzene rings is 2. The number of hydrogen-bond acceptors (Lipinski definition) is 3. The zero-order chi connectivity index (χ0) is 20.9. The molecule has 0 bridgehead atoms. The van der Waals surface area contributed by atoms with Crippen LogP contribution in [0.15, 0.2) is 53.5 Å². The molecule has 0 saturated carbocycles. The molecule has 2 aliphatic heterocycles. The van der Waals surface area contributed by atoms with Crippen molar-refractivity contribution in [2.45, 2.75) is 25.1 Å². The molecule has 7 heteroatoms. The number of aliphatic imine (C=N–C) groups is 1. The molecule has 4 rings (SSSR count). The summed E-state index contributed by atoms with van der Waals surface area (Å²) in [5, 5.41) is 3.32. The molecule has 2 aromatic rings. The fraction of sp³-hybridized carbons (Fsp3) is 0.435. The second kappa shape index (κ2) is 9.53. The highest BCUT2D eigenvalue weighted by Gasteiger charge is 2.41. The Morgan fingerprint density at radius 2 is 2.00 bits per heavy atom. The molecule has 0 spiro atoms. The number of guanidine groups is 1. The van der Waals surface area contributed by atoms with Crippen molar-refractivity contribution in [1.82, 2.24) is 15.1 Å². The Kier molecular flexibility index (Phi) is 6.59. The van der Waals surface area contributed by atoms with Crippen molar-refractivity contribution in [1.29, 1.82) is 0 Å².